The van der Waals surface area contributed by atoms with Gasteiger partial charge in [0, 0.05) is 25.4 Å². The van der Waals surface area contributed by atoms with Crippen LogP contribution in [0, 0.1) is 11.8 Å². The number of amides is 2. The van der Waals surface area contributed by atoms with Crippen molar-refractivity contribution >= 4 is 17.8 Å². The lowest BCUT2D eigenvalue weighted by molar-refractivity contribution is -0.149. The van der Waals surface area contributed by atoms with E-state index in [2.05, 4.69) is 10.3 Å². The van der Waals surface area contributed by atoms with Gasteiger partial charge >= 0.3 is 5.97 Å². The zero-order valence-corrected chi connectivity index (χ0v) is 22.3. The van der Waals surface area contributed by atoms with Gasteiger partial charge in [0.25, 0.3) is 5.91 Å². The van der Waals surface area contributed by atoms with Crippen molar-refractivity contribution in [2.75, 3.05) is 13.1 Å². The molecule has 3 rings (SSSR count). The number of hydrogen-bond donors (Lipinski definition) is 3. The average molecular weight is 528 g/mol. The summed E-state index contributed by atoms with van der Waals surface area (Å²) in [7, 11) is 0. The normalized spacial score (nSPS) is 29.6. The Morgan fingerprint density at radius 3 is 2.68 bits per heavy atom. The number of allylic oxidation sites excluding steroid dienone is 2. The summed E-state index contributed by atoms with van der Waals surface area (Å²) in [6, 6.07) is 0. The van der Waals surface area contributed by atoms with Gasteiger partial charge in [-0.15, -0.1) is 0 Å². The molecule has 0 aromatic carbocycles. The van der Waals surface area contributed by atoms with Crippen LogP contribution in [-0.4, -0.2) is 69.3 Å². The molecule has 38 heavy (non-hydrogen) atoms. The van der Waals surface area contributed by atoms with Crippen LogP contribution in [0.2, 0.25) is 0 Å². The Morgan fingerprint density at radius 2 is 1.95 bits per heavy atom. The van der Waals surface area contributed by atoms with Crippen LogP contribution in [0.5, 0.6) is 0 Å². The largest absolute Gasteiger partial charge is 0.457 e. The first-order valence-corrected chi connectivity index (χ1v) is 12.9. The van der Waals surface area contributed by atoms with Crippen molar-refractivity contribution in [2.45, 2.75) is 65.3 Å². The summed E-state index contributed by atoms with van der Waals surface area (Å²) in [5.74, 6) is -1.58. The van der Waals surface area contributed by atoms with Crippen molar-refractivity contribution in [3.63, 3.8) is 0 Å². The average Bonchev–Trinajstić information content (AvgIpc) is 3.52. The highest BCUT2D eigenvalue weighted by Gasteiger charge is 2.33. The number of aliphatic hydroxyl groups is 2. The lowest BCUT2D eigenvalue weighted by Gasteiger charge is -2.27. The lowest BCUT2D eigenvalue weighted by Crippen LogP contribution is -2.36. The van der Waals surface area contributed by atoms with Crippen molar-refractivity contribution in [1.29, 1.82) is 0 Å². The summed E-state index contributed by atoms with van der Waals surface area (Å²) < 4.78 is 11.2. The standard InChI is InChI=1S/C28H37N3O7/c1-17(2)26-19(4)9-10-24(34)29-11-5-7-18(3)13-20(32)14-21(33)15-25-30-22(16-37-25)27(35)31-12-6-8-23(31)28(36)38-26/h5,7-10,13,16-17,19-21,26,32-33H,6,11-12,14-15H2,1-4H3,(H,29,34)/b7-5+,10-9+,18-13+/t19-,20-,21+,26-/m1/s1. The van der Waals surface area contributed by atoms with Crippen LogP contribution in [0.15, 0.2) is 58.4 Å². The number of fused-ring (bicyclic) bond motifs is 3. The topological polar surface area (TPSA) is 142 Å². The highest BCUT2D eigenvalue weighted by molar-refractivity contribution is 6.00. The molecule has 206 valence electrons. The Hall–Kier alpha value is -3.50. The summed E-state index contributed by atoms with van der Waals surface area (Å²) >= 11 is 0. The van der Waals surface area contributed by atoms with Gasteiger partial charge in [-0.1, -0.05) is 56.7 Å². The highest BCUT2D eigenvalue weighted by atomic mass is 16.5. The Bertz CT molecular complexity index is 1130. The SMILES string of the molecule is CC1=C\[C@@H](O)C[C@H](O)Cc2nc(co2)C(=O)N2CCC=C2C(=O)O[C@H](C(C)C)[C@H](C)/C=C/C(=O)NC\C=C\1. The molecule has 1 aromatic heterocycles. The van der Waals surface area contributed by atoms with Crippen molar-refractivity contribution in [3.8, 4) is 0 Å². The molecule has 3 heterocycles. The van der Waals surface area contributed by atoms with Crippen LogP contribution in [0.25, 0.3) is 0 Å². The lowest BCUT2D eigenvalue weighted by atomic mass is 9.94. The fourth-order valence-electron chi connectivity index (χ4n) is 4.44. The van der Waals surface area contributed by atoms with Crippen LogP contribution in [-0.2, 0) is 20.7 Å². The molecule has 2 aliphatic rings. The number of aromatic nitrogens is 1. The number of nitrogens with zero attached hydrogens (tertiary/aromatic N) is 2. The minimum atomic E-state index is -0.959. The monoisotopic (exact) mass is 527 g/mol. The highest BCUT2D eigenvalue weighted by Crippen LogP contribution is 2.24. The first-order chi connectivity index (χ1) is 18.0. The van der Waals surface area contributed by atoms with Crippen LogP contribution in [0.1, 0.15) is 56.9 Å². The molecule has 1 aromatic rings. The van der Waals surface area contributed by atoms with E-state index in [0.717, 1.165) is 5.57 Å². The molecule has 2 bridgehead atoms. The predicted molar refractivity (Wildman–Crippen MR) is 140 cm³/mol. The predicted octanol–water partition coefficient (Wildman–Crippen LogP) is 2.45. The second kappa shape index (κ2) is 13.3. The smallest absolute Gasteiger partial charge is 0.355 e. The number of hydrogen-bond acceptors (Lipinski definition) is 8. The Morgan fingerprint density at radius 1 is 1.18 bits per heavy atom. The number of nitrogens with one attached hydrogen (secondary N) is 1. The summed E-state index contributed by atoms with van der Waals surface area (Å²) in [6.45, 7) is 8.08. The van der Waals surface area contributed by atoms with E-state index in [9.17, 15) is 24.6 Å². The van der Waals surface area contributed by atoms with Crippen molar-refractivity contribution in [2.24, 2.45) is 11.8 Å². The van der Waals surface area contributed by atoms with Gasteiger partial charge in [0.05, 0.1) is 18.6 Å². The molecule has 0 spiro atoms. The second-order valence-electron chi connectivity index (χ2n) is 10.0. The minimum Gasteiger partial charge on any atom is -0.457 e. The third kappa shape index (κ3) is 8.00. The van der Waals surface area contributed by atoms with Gasteiger partial charge < -0.3 is 29.6 Å². The summed E-state index contributed by atoms with van der Waals surface area (Å²) in [5.41, 5.74) is 0.909. The number of aliphatic hydroxyl groups excluding tert-OH is 2. The minimum absolute atomic E-state index is 0.00476. The molecule has 10 heteroatoms. The molecule has 0 saturated heterocycles. The molecule has 4 atom stereocenters. The van der Waals surface area contributed by atoms with E-state index in [-0.39, 0.29) is 54.4 Å². The fourth-order valence-corrected chi connectivity index (χ4v) is 4.44. The molecule has 0 unspecified atom stereocenters. The van der Waals surface area contributed by atoms with Crippen molar-refractivity contribution in [3.05, 3.63) is 65.6 Å². The first-order valence-electron chi connectivity index (χ1n) is 12.9. The molecule has 0 aliphatic carbocycles. The Kier molecular flexibility index (Phi) is 10.2. The first kappa shape index (κ1) is 29.1. The van der Waals surface area contributed by atoms with E-state index < -0.39 is 30.2 Å². The van der Waals surface area contributed by atoms with Crippen LogP contribution >= 0.6 is 0 Å². The molecular weight excluding hydrogens is 490 g/mol. The van der Waals surface area contributed by atoms with Crippen LogP contribution in [0.4, 0.5) is 0 Å². The van der Waals surface area contributed by atoms with E-state index in [1.807, 2.05) is 20.8 Å². The summed E-state index contributed by atoms with van der Waals surface area (Å²) in [6.07, 6.45) is 9.22. The maximum Gasteiger partial charge on any atom is 0.355 e. The van der Waals surface area contributed by atoms with Crippen molar-refractivity contribution in [1.82, 2.24) is 15.2 Å². The zero-order chi connectivity index (χ0) is 27.8. The van der Waals surface area contributed by atoms with E-state index in [1.54, 1.807) is 37.3 Å². The fraction of sp³-hybridized carbons (Fsp3) is 0.500. The van der Waals surface area contributed by atoms with Crippen LogP contribution in [0.3, 0.4) is 0 Å². The van der Waals surface area contributed by atoms with Gasteiger partial charge in [-0.3, -0.25) is 9.59 Å². The second-order valence-corrected chi connectivity index (χ2v) is 10.0. The third-order valence-corrected chi connectivity index (χ3v) is 6.33. The van der Waals surface area contributed by atoms with Crippen LogP contribution < -0.4 is 5.32 Å². The number of carbonyl (C=O) groups is 3. The van der Waals surface area contributed by atoms with Gasteiger partial charge in [0.15, 0.2) is 11.6 Å². The molecular formula is C28H37N3O7. The van der Waals surface area contributed by atoms with E-state index in [0.29, 0.717) is 13.0 Å². The van der Waals surface area contributed by atoms with E-state index >= 15 is 0 Å². The number of rotatable bonds is 1. The van der Waals surface area contributed by atoms with Gasteiger partial charge in [-0.05, 0) is 25.3 Å². The zero-order valence-electron chi connectivity index (χ0n) is 22.3. The molecule has 3 N–H and O–H groups in total. The summed E-state index contributed by atoms with van der Waals surface area (Å²) in [5, 5.41) is 23.5. The Balaban J connectivity index is 1.86. The summed E-state index contributed by atoms with van der Waals surface area (Å²) in [4.78, 5) is 44.0. The van der Waals surface area contributed by atoms with E-state index in [1.165, 1.54) is 17.2 Å². The number of cyclic esters (lactones) is 1. The number of carbonyl (C=O) groups excluding carboxylic acids is 3. The third-order valence-electron chi connectivity index (χ3n) is 6.33. The number of oxazole rings is 1. The molecule has 2 amide bonds. The van der Waals surface area contributed by atoms with E-state index in [4.69, 9.17) is 9.15 Å². The van der Waals surface area contributed by atoms with Crippen molar-refractivity contribution < 1.29 is 33.8 Å². The van der Waals surface area contributed by atoms with Gasteiger partial charge in [0.2, 0.25) is 5.91 Å². The maximum atomic E-state index is 13.1. The maximum absolute atomic E-state index is 13.1. The van der Waals surface area contributed by atoms with Gasteiger partial charge in [0.1, 0.15) is 18.1 Å². The molecule has 0 saturated carbocycles. The number of ether oxygens (including phenoxy) is 1. The quantitative estimate of drug-likeness (QED) is 0.473. The molecule has 10 nitrogen and oxygen atoms in total. The van der Waals surface area contributed by atoms with Gasteiger partial charge in [-0.25, -0.2) is 9.78 Å². The molecule has 2 aliphatic heterocycles. The Labute approximate surface area is 222 Å². The van der Waals surface area contributed by atoms with Gasteiger partial charge in [-0.2, -0.15) is 0 Å². The molecule has 0 fully saturated rings. The number of esters is 1. The molecule has 0 radical (unpaired) electrons.